The van der Waals surface area contributed by atoms with Gasteiger partial charge in [-0.25, -0.2) is 4.79 Å². The Bertz CT molecular complexity index is 119. The molecule has 0 unspecified atom stereocenters. The molecule has 0 aromatic carbocycles. The number of carbonyl (C=O) groups is 2. The monoisotopic (exact) mass is 114 g/mol. The van der Waals surface area contributed by atoms with Crippen LogP contribution in [0.1, 0.15) is 6.92 Å². The number of carboxylic acids is 1. The maximum atomic E-state index is 10.00. The lowest BCUT2D eigenvalue weighted by Crippen LogP contribution is -1.89. The molecule has 0 aliphatic carbocycles. The molecule has 0 saturated carbocycles. The Balaban J connectivity index is 3.67. The van der Waals surface area contributed by atoms with Crippen molar-refractivity contribution in [2.75, 3.05) is 0 Å². The SMILES string of the molecule is CC(=O)/C=C\C(=O)O. The van der Waals surface area contributed by atoms with Gasteiger partial charge in [-0.05, 0) is 13.0 Å². The fourth-order valence-corrected chi connectivity index (χ4v) is 0.189. The Labute approximate surface area is 46.6 Å². The highest BCUT2D eigenvalue weighted by Crippen LogP contribution is 1.73. The van der Waals surface area contributed by atoms with Gasteiger partial charge in [0.1, 0.15) is 0 Å². The van der Waals surface area contributed by atoms with Gasteiger partial charge < -0.3 is 5.11 Å². The molecule has 0 radical (unpaired) electrons. The van der Waals surface area contributed by atoms with Crippen LogP contribution in [-0.4, -0.2) is 16.9 Å². The highest BCUT2D eigenvalue weighted by Gasteiger charge is 1.85. The molecular weight excluding hydrogens is 108 g/mol. The van der Waals surface area contributed by atoms with E-state index < -0.39 is 5.97 Å². The first-order chi connectivity index (χ1) is 3.63. The molecule has 0 aromatic rings. The van der Waals surface area contributed by atoms with E-state index in [0.717, 1.165) is 12.2 Å². The highest BCUT2D eigenvalue weighted by molar-refractivity contribution is 5.93. The molecule has 3 heteroatoms. The molecule has 0 spiro atoms. The van der Waals surface area contributed by atoms with E-state index in [0.29, 0.717) is 0 Å². The topological polar surface area (TPSA) is 54.4 Å². The summed E-state index contributed by atoms with van der Waals surface area (Å²) in [5, 5.41) is 7.92. The van der Waals surface area contributed by atoms with Crippen molar-refractivity contribution in [2.45, 2.75) is 6.92 Å². The van der Waals surface area contributed by atoms with Gasteiger partial charge in [-0.1, -0.05) is 0 Å². The summed E-state index contributed by atoms with van der Waals surface area (Å²) in [6.07, 6.45) is 1.81. The molecule has 44 valence electrons. The summed E-state index contributed by atoms with van der Waals surface area (Å²) < 4.78 is 0. The van der Waals surface area contributed by atoms with Gasteiger partial charge in [0.2, 0.25) is 0 Å². The van der Waals surface area contributed by atoms with Crippen LogP contribution >= 0.6 is 0 Å². The molecule has 0 fully saturated rings. The molecule has 1 N–H and O–H groups in total. The van der Waals surface area contributed by atoms with Gasteiger partial charge >= 0.3 is 5.97 Å². The van der Waals surface area contributed by atoms with Gasteiger partial charge in [0, 0.05) is 6.08 Å². The number of rotatable bonds is 2. The second kappa shape index (κ2) is 2.96. The number of ketones is 1. The summed E-state index contributed by atoms with van der Waals surface area (Å²) in [5.74, 6) is -1.35. The Morgan fingerprint density at radius 3 is 2.00 bits per heavy atom. The molecule has 3 nitrogen and oxygen atoms in total. The number of hydrogen-bond donors (Lipinski definition) is 1. The molecule has 0 rings (SSSR count). The molecule has 0 amide bonds. The lowest BCUT2D eigenvalue weighted by Gasteiger charge is -1.74. The molecule has 0 aromatic heterocycles. The minimum Gasteiger partial charge on any atom is -0.478 e. The number of carbonyl (C=O) groups excluding carboxylic acids is 1. The predicted molar refractivity (Wildman–Crippen MR) is 27.5 cm³/mol. The summed E-state index contributed by atoms with van der Waals surface area (Å²) in [6.45, 7) is 1.29. The van der Waals surface area contributed by atoms with Crippen molar-refractivity contribution in [3.05, 3.63) is 12.2 Å². The minimum absolute atomic E-state index is 0.257. The first-order valence-electron chi connectivity index (χ1n) is 2.04. The molecule has 0 saturated heterocycles. The van der Waals surface area contributed by atoms with E-state index in [1.807, 2.05) is 0 Å². The highest BCUT2D eigenvalue weighted by atomic mass is 16.4. The maximum absolute atomic E-state index is 10.00. The van der Waals surface area contributed by atoms with Gasteiger partial charge in [0.05, 0.1) is 0 Å². The van der Waals surface area contributed by atoms with Crippen molar-refractivity contribution in [2.24, 2.45) is 0 Å². The minimum atomic E-state index is -1.10. The first kappa shape index (κ1) is 6.88. The molecule has 8 heavy (non-hydrogen) atoms. The predicted octanol–water partition coefficient (Wildman–Crippen LogP) is 0.216. The quantitative estimate of drug-likeness (QED) is 0.522. The summed E-state index contributed by atoms with van der Waals surface area (Å²) in [7, 11) is 0. The van der Waals surface area contributed by atoms with Crippen LogP contribution < -0.4 is 0 Å². The molecule has 0 atom stereocenters. The van der Waals surface area contributed by atoms with E-state index in [4.69, 9.17) is 5.11 Å². The number of carboxylic acid groups (broad SMARTS) is 1. The second-order valence-corrected chi connectivity index (χ2v) is 1.28. The van der Waals surface area contributed by atoms with Crippen molar-refractivity contribution in [1.82, 2.24) is 0 Å². The number of aliphatic carboxylic acids is 1. The summed E-state index contributed by atoms with van der Waals surface area (Å²) in [6, 6.07) is 0. The van der Waals surface area contributed by atoms with E-state index in [2.05, 4.69) is 0 Å². The van der Waals surface area contributed by atoms with Gasteiger partial charge in [-0.15, -0.1) is 0 Å². The molecule has 0 bridgehead atoms. The zero-order chi connectivity index (χ0) is 6.57. The average molecular weight is 114 g/mol. The zero-order valence-corrected chi connectivity index (χ0v) is 4.42. The van der Waals surface area contributed by atoms with Crippen molar-refractivity contribution in [3.63, 3.8) is 0 Å². The van der Waals surface area contributed by atoms with Crippen LogP contribution in [-0.2, 0) is 9.59 Å². The van der Waals surface area contributed by atoms with Crippen LogP contribution in [0.15, 0.2) is 12.2 Å². The van der Waals surface area contributed by atoms with E-state index >= 15 is 0 Å². The van der Waals surface area contributed by atoms with Crippen molar-refractivity contribution >= 4 is 11.8 Å². The molecule has 0 heterocycles. The molecule has 0 aliphatic rings. The fraction of sp³-hybridized carbons (Fsp3) is 0.200. The lowest BCUT2D eigenvalue weighted by molar-refractivity contribution is -0.131. The van der Waals surface area contributed by atoms with Crippen LogP contribution in [0.25, 0.3) is 0 Å². The third-order valence-electron chi connectivity index (χ3n) is 0.461. The van der Waals surface area contributed by atoms with Gasteiger partial charge in [-0.3, -0.25) is 4.79 Å². The zero-order valence-electron chi connectivity index (χ0n) is 4.42. The Hall–Kier alpha value is -1.12. The van der Waals surface area contributed by atoms with E-state index in [1.165, 1.54) is 6.92 Å². The fourth-order valence-electron chi connectivity index (χ4n) is 0.189. The third-order valence-corrected chi connectivity index (χ3v) is 0.461. The van der Waals surface area contributed by atoms with Crippen LogP contribution in [0.4, 0.5) is 0 Å². The average Bonchev–Trinajstić information content (AvgIpc) is 1.61. The summed E-state index contributed by atoms with van der Waals surface area (Å²) in [4.78, 5) is 19.7. The third kappa shape index (κ3) is 4.88. The van der Waals surface area contributed by atoms with Crippen LogP contribution in [0.3, 0.4) is 0 Å². The molecular formula is C5H6O3. The smallest absolute Gasteiger partial charge is 0.328 e. The van der Waals surface area contributed by atoms with Crippen molar-refractivity contribution in [1.29, 1.82) is 0 Å². The normalized spacial score (nSPS) is 9.62. The number of hydrogen-bond acceptors (Lipinski definition) is 2. The van der Waals surface area contributed by atoms with E-state index in [9.17, 15) is 9.59 Å². The van der Waals surface area contributed by atoms with E-state index in [1.54, 1.807) is 0 Å². The van der Waals surface area contributed by atoms with Gasteiger partial charge in [0.15, 0.2) is 5.78 Å². The van der Waals surface area contributed by atoms with Gasteiger partial charge in [-0.2, -0.15) is 0 Å². The molecule has 0 aliphatic heterocycles. The summed E-state index contributed by atoms with van der Waals surface area (Å²) in [5.41, 5.74) is 0. The summed E-state index contributed by atoms with van der Waals surface area (Å²) >= 11 is 0. The van der Waals surface area contributed by atoms with Crippen molar-refractivity contribution < 1.29 is 14.7 Å². The lowest BCUT2D eigenvalue weighted by atomic mass is 10.4. The van der Waals surface area contributed by atoms with Crippen LogP contribution in [0.5, 0.6) is 0 Å². The van der Waals surface area contributed by atoms with E-state index in [-0.39, 0.29) is 5.78 Å². The standard InChI is InChI=1S/C5H6O3/c1-4(6)2-3-5(7)8/h2-3H,1H3,(H,7,8)/b3-2-. The largest absolute Gasteiger partial charge is 0.478 e. The van der Waals surface area contributed by atoms with Gasteiger partial charge in [0.25, 0.3) is 0 Å². The Morgan fingerprint density at radius 1 is 1.38 bits per heavy atom. The van der Waals surface area contributed by atoms with Crippen molar-refractivity contribution in [3.8, 4) is 0 Å². The van der Waals surface area contributed by atoms with Crippen LogP contribution in [0, 0.1) is 0 Å². The van der Waals surface area contributed by atoms with Crippen LogP contribution in [0.2, 0.25) is 0 Å². The Kier molecular flexibility index (Phi) is 2.54. The second-order valence-electron chi connectivity index (χ2n) is 1.28. The Morgan fingerprint density at radius 2 is 1.88 bits per heavy atom. The maximum Gasteiger partial charge on any atom is 0.328 e. The number of allylic oxidation sites excluding steroid dienone is 1. The first-order valence-corrected chi connectivity index (χ1v) is 2.04.